The van der Waals surface area contributed by atoms with Gasteiger partial charge in [-0.25, -0.2) is 9.78 Å². The summed E-state index contributed by atoms with van der Waals surface area (Å²) in [6.07, 6.45) is 2.82. The normalized spacial score (nSPS) is 16.5. The largest absolute Gasteiger partial charge is 0.464 e. The predicted octanol–water partition coefficient (Wildman–Crippen LogP) is 2.99. The highest BCUT2D eigenvalue weighted by Gasteiger charge is 2.44. The average Bonchev–Trinajstić information content (AvgIpc) is 2.91. The molecule has 21 heavy (non-hydrogen) atoms. The number of carbonyl (C=O) groups is 2. The monoisotopic (exact) mass is 330 g/mol. The molecule has 0 aromatic carbocycles. The van der Waals surface area contributed by atoms with Crippen LogP contribution >= 0.6 is 23.2 Å². The van der Waals surface area contributed by atoms with Crippen molar-refractivity contribution in [3.63, 3.8) is 0 Å². The third-order valence-corrected chi connectivity index (χ3v) is 4.02. The van der Waals surface area contributed by atoms with Crippen molar-refractivity contribution in [1.82, 2.24) is 10.3 Å². The molecule has 1 saturated carbocycles. The summed E-state index contributed by atoms with van der Waals surface area (Å²) in [4.78, 5) is 28.5. The molecule has 7 heteroatoms. The minimum absolute atomic E-state index is 0.0136. The van der Waals surface area contributed by atoms with Crippen LogP contribution in [0.3, 0.4) is 0 Å². The van der Waals surface area contributed by atoms with Gasteiger partial charge in [0.2, 0.25) is 0 Å². The van der Waals surface area contributed by atoms with Gasteiger partial charge in [0.1, 0.15) is 16.4 Å². The fourth-order valence-corrected chi connectivity index (χ4v) is 2.82. The maximum atomic E-state index is 12.4. The van der Waals surface area contributed by atoms with Crippen LogP contribution in [0.2, 0.25) is 10.2 Å². The van der Waals surface area contributed by atoms with Gasteiger partial charge in [0.25, 0.3) is 5.91 Å². The number of amides is 1. The summed E-state index contributed by atoms with van der Waals surface area (Å²) in [5.74, 6) is -0.925. The quantitative estimate of drug-likeness (QED) is 0.680. The number of aromatic nitrogens is 1. The topological polar surface area (TPSA) is 68.3 Å². The Labute approximate surface area is 133 Å². The highest BCUT2D eigenvalue weighted by molar-refractivity contribution is 6.34. The van der Waals surface area contributed by atoms with E-state index < -0.39 is 17.4 Å². The van der Waals surface area contributed by atoms with Crippen LogP contribution in [0.15, 0.2) is 12.1 Å². The van der Waals surface area contributed by atoms with Crippen molar-refractivity contribution >= 4 is 35.1 Å². The number of pyridine rings is 1. The van der Waals surface area contributed by atoms with Gasteiger partial charge in [-0.1, -0.05) is 36.0 Å². The lowest BCUT2D eigenvalue weighted by Gasteiger charge is -2.27. The molecule has 1 amide bonds. The maximum Gasteiger partial charge on any atom is 0.331 e. The van der Waals surface area contributed by atoms with Crippen molar-refractivity contribution in [2.24, 2.45) is 0 Å². The van der Waals surface area contributed by atoms with Crippen LogP contribution < -0.4 is 5.32 Å². The molecule has 1 aliphatic rings. The maximum absolute atomic E-state index is 12.4. The summed E-state index contributed by atoms with van der Waals surface area (Å²) in [5.41, 5.74) is -0.972. The molecule has 1 fully saturated rings. The first kappa shape index (κ1) is 16.0. The van der Waals surface area contributed by atoms with E-state index in [9.17, 15) is 9.59 Å². The SMILES string of the molecule is CCOC(=O)C1(NC(=O)c2nc(Cl)ccc2Cl)CCCC1. The fourth-order valence-electron chi connectivity index (χ4n) is 2.48. The van der Waals surface area contributed by atoms with Crippen LogP contribution in [0.5, 0.6) is 0 Å². The highest BCUT2D eigenvalue weighted by Crippen LogP contribution is 2.31. The minimum atomic E-state index is -0.986. The summed E-state index contributed by atoms with van der Waals surface area (Å²) < 4.78 is 5.09. The van der Waals surface area contributed by atoms with Gasteiger partial charge in [-0.3, -0.25) is 4.79 Å². The van der Waals surface area contributed by atoms with Crippen molar-refractivity contribution in [3.05, 3.63) is 28.0 Å². The van der Waals surface area contributed by atoms with Crippen molar-refractivity contribution in [3.8, 4) is 0 Å². The molecule has 2 rings (SSSR count). The summed E-state index contributed by atoms with van der Waals surface area (Å²) in [7, 11) is 0. The van der Waals surface area contributed by atoms with Crippen LogP contribution in [0.1, 0.15) is 43.1 Å². The fraction of sp³-hybridized carbons (Fsp3) is 0.500. The van der Waals surface area contributed by atoms with Gasteiger partial charge >= 0.3 is 5.97 Å². The second-order valence-corrected chi connectivity index (χ2v) is 5.72. The van der Waals surface area contributed by atoms with E-state index in [1.54, 1.807) is 6.92 Å². The van der Waals surface area contributed by atoms with E-state index in [0.717, 1.165) is 12.8 Å². The zero-order valence-corrected chi connectivity index (χ0v) is 13.1. The van der Waals surface area contributed by atoms with Crippen LogP contribution in [-0.2, 0) is 9.53 Å². The van der Waals surface area contributed by atoms with Crippen LogP contribution in [0, 0.1) is 0 Å². The molecule has 0 bridgehead atoms. The Kier molecular flexibility index (Phi) is 5.06. The highest BCUT2D eigenvalue weighted by atomic mass is 35.5. The molecular formula is C14H16Cl2N2O3. The molecule has 1 aromatic heterocycles. The standard InChI is InChI=1S/C14H16Cl2N2O3/c1-2-21-13(20)14(7-3-4-8-14)18-12(19)11-9(15)5-6-10(16)17-11/h5-6H,2-4,7-8H2,1H3,(H,18,19). The van der Waals surface area contributed by atoms with E-state index in [1.807, 2.05) is 0 Å². The smallest absolute Gasteiger partial charge is 0.331 e. The molecule has 0 spiro atoms. The summed E-state index contributed by atoms with van der Waals surface area (Å²) in [6, 6.07) is 2.99. The molecule has 114 valence electrons. The molecule has 1 heterocycles. The molecule has 0 saturated heterocycles. The number of hydrogen-bond acceptors (Lipinski definition) is 4. The molecule has 5 nitrogen and oxygen atoms in total. The van der Waals surface area contributed by atoms with Crippen LogP contribution in [0.4, 0.5) is 0 Å². The number of ether oxygens (including phenoxy) is 1. The second kappa shape index (κ2) is 6.62. The van der Waals surface area contributed by atoms with E-state index in [0.29, 0.717) is 12.8 Å². The second-order valence-electron chi connectivity index (χ2n) is 4.93. The lowest BCUT2D eigenvalue weighted by molar-refractivity contribution is -0.150. The van der Waals surface area contributed by atoms with Gasteiger partial charge in [-0.2, -0.15) is 0 Å². The van der Waals surface area contributed by atoms with E-state index >= 15 is 0 Å². The average molecular weight is 331 g/mol. The Bertz CT molecular complexity index is 557. The van der Waals surface area contributed by atoms with E-state index in [2.05, 4.69) is 10.3 Å². The van der Waals surface area contributed by atoms with E-state index in [4.69, 9.17) is 27.9 Å². The molecule has 1 aliphatic carbocycles. The summed E-state index contributed by atoms with van der Waals surface area (Å²) in [6.45, 7) is 2.00. The minimum Gasteiger partial charge on any atom is -0.464 e. The number of nitrogens with one attached hydrogen (secondary N) is 1. The predicted molar refractivity (Wildman–Crippen MR) is 79.6 cm³/mol. The van der Waals surface area contributed by atoms with Crippen molar-refractivity contribution in [2.45, 2.75) is 38.1 Å². The molecule has 1 aromatic rings. The van der Waals surface area contributed by atoms with Gasteiger partial charge in [0.05, 0.1) is 11.6 Å². The first-order chi connectivity index (χ1) is 9.98. The van der Waals surface area contributed by atoms with E-state index in [1.165, 1.54) is 12.1 Å². The molecular weight excluding hydrogens is 315 g/mol. The van der Waals surface area contributed by atoms with Gasteiger partial charge in [-0.05, 0) is 31.9 Å². The zero-order valence-electron chi connectivity index (χ0n) is 11.6. The number of nitrogens with zero attached hydrogens (tertiary/aromatic N) is 1. The Morgan fingerprint density at radius 3 is 2.62 bits per heavy atom. The lowest BCUT2D eigenvalue weighted by atomic mass is 9.97. The Hall–Kier alpha value is -1.33. The first-order valence-electron chi connectivity index (χ1n) is 6.80. The summed E-state index contributed by atoms with van der Waals surface area (Å²) >= 11 is 11.7. The third kappa shape index (κ3) is 3.47. The van der Waals surface area contributed by atoms with Crippen molar-refractivity contribution in [1.29, 1.82) is 0 Å². The van der Waals surface area contributed by atoms with Crippen molar-refractivity contribution < 1.29 is 14.3 Å². The Morgan fingerprint density at radius 1 is 1.33 bits per heavy atom. The van der Waals surface area contributed by atoms with Gasteiger partial charge in [0, 0.05) is 0 Å². The molecule has 0 aliphatic heterocycles. The third-order valence-electron chi connectivity index (χ3n) is 3.50. The van der Waals surface area contributed by atoms with Crippen LogP contribution in [0.25, 0.3) is 0 Å². The number of hydrogen-bond donors (Lipinski definition) is 1. The summed E-state index contributed by atoms with van der Waals surface area (Å²) in [5, 5.41) is 3.10. The van der Waals surface area contributed by atoms with Crippen molar-refractivity contribution in [2.75, 3.05) is 6.61 Å². The van der Waals surface area contributed by atoms with Gasteiger partial charge in [0.15, 0.2) is 0 Å². The van der Waals surface area contributed by atoms with Gasteiger partial charge in [-0.15, -0.1) is 0 Å². The van der Waals surface area contributed by atoms with Gasteiger partial charge < -0.3 is 10.1 Å². The first-order valence-corrected chi connectivity index (χ1v) is 7.56. The molecule has 0 atom stereocenters. The number of halogens is 2. The van der Waals surface area contributed by atoms with E-state index in [-0.39, 0.29) is 22.5 Å². The molecule has 1 N–H and O–H groups in total. The molecule has 0 unspecified atom stereocenters. The molecule has 0 radical (unpaired) electrons. The van der Waals surface area contributed by atoms with Crippen LogP contribution in [-0.4, -0.2) is 29.0 Å². The Morgan fingerprint density at radius 2 is 2.00 bits per heavy atom. The Balaban J connectivity index is 2.23. The number of esters is 1. The lowest BCUT2D eigenvalue weighted by Crippen LogP contribution is -2.53. The number of carbonyl (C=O) groups excluding carboxylic acids is 2. The zero-order chi connectivity index (χ0) is 15.5. The number of rotatable bonds is 4.